The lowest BCUT2D eigenvalue weighted by Gasteiger charge is -2.08. The van der Waals surface area contributed by atoms with Crippen LogP contribution in [-0.2, 0) is 7.05 Å². The summed E-state index contributed by atoms with van der Waals surface area (Å²) in [7, 11) is 1.77. The Hall–Kier alpha value is -2.10. The number of nitrogens with zero attached hydrogens (tertiary/aromatic N) is 2. The molecule has 0 aliphatic heterocycles. The monoisotopic (exact) mass is 244 g/mol. The first kappa shape index (κ1) is 12.4. The summed E-state index contributed by atoms with van der Waals surface area (Å²) in [5.74, 6) is 0.547. The number of carbonyl (C=O) groups is 1. The number of para-hydroxylation sites is 1. The van der Waals surface area contributed by atoms with Crippen molar-refractivity contribution in [1.29, 1.82) is 0 Å². The molecule has 2 aromatic rings. The highest BCUT2D eigenvalue weighted by molar-refractivity contribution is 6.09. The van der Waals surface area contributed by atoms with Crippen molar-refractivity contribution in [1.82, 2.24) is 9.78 Å². The number of hydrogen-bond acceptors (Lipinski definition) is 3. The van der Waals surface area contributed by atoms with Gasteiger partial charge in [-0.05, 0) is 32.0 Å². The summed E-state index contributed by atoms with van der Waals surface area (Å²) in [6.07, 6.45) is 0. The number of ether oxygens (including phenoxy) is 1. The van der Waals surface area contributed by atoms with E-state index in [1.165, 1.54) is 0 Å². The van der Waals surface area contributed by atoms with Gasteiger partial charge in [-0.1, -0.05) is 12.1 Å². The van der Waals surface area contributed by atoms with Gasteiger partial charge in [-0.25, -0.2) is 0 Å². The van der Waals surface area contributed by atoms with Gasteiger partial charge in [-0.2, -0.15) is 5.10 Å². The molecule has 1 aromatic heterocycles. The van der Waals surface area contributed by atoms with Crippen LogP contribution in [0.3, 0.4) is 0 Å². The van der Waals surface area contributed by atoms with E-state index in [-0.39, 0.29) is 5.78 Å². The van der Waals surface area contributed by atoms with Gasteiger partial charge < -0.3 is 4.74 Å². The number of aryl methyl sites for hydroxylation is 2. The standard InChI is InChI=1S/C14H16N2O2/c1-4-18-13-8-6-5-7-11(13)14(17)12-9-10(2)15-16(12)3/h5-9H,4H2,1-3H3. The third kappa shape index (κ3) is 2.27. The smallest absolute Gasteiger partial charge is 0.214 e. The average Bonchev–Trinajstić information content (AvgIpc) is 2.69. The lowest BCUT2D eigenvalue weighted by molar-refractivity contribution is 0.102. The van der Waals surface area contributed by atoms with Crippen molar-refractivity contribution >= 4 is 5.78 Å². The van der Waals surface area contributed by atoms with E-state index in [1.54, 1.807) is 29.9 Å². The molecule has 0 amide bonds. The molecule has 0 fully saturated rings. The lowest BCUT2D eigenvalue weighted by Crippen LogP contribution is -2.10. The molecule has 1 aromatic carbocycles. The predicted molar refractivity (Wildman–Crippen MR) is 69.0 cm³/mol. The van der Waals surface area contributed by atoms with Crippen molar-refractivity contribution in [3.8, 4) is 5.75 Å². The van der Waals surface area contributed by atoms with Crippen LogP contribution in [0.1, 0.15) is 28.7 Å². The Morgan fingerprint density at radius 1 is 1.39 bits per heavy atom. The van der Waals surface area contributed by atoms with Gasteiger partial charge >= 0.3 is 0 Å². The number of benzene rings is 1. The fourth-order valence-electron chi connectivity index (χ4n) is 1.90. The summed E-state index contributed by atoms with van der Waals surface area (Å²) in [6, 6.07) is 9.05. The molecule has 0 atom stereocenters. The van der Waals surface area contributed by atoms with Crippen molar-refractivity contribution in [2.24, 2.45) is 7.05 Å². The van der Waals surface area contributed by atoms with Crippen LogP contribution in [0.2, 0.25) is 0 Å². The summed E-state index contributed by atoms with van der Waals surface area (Å²) in [5, 5.41) is 4.19. The Morgan fingerprint density at radius 3 is 2.72 bits per heavy atom. The zero-order chi connectivity index (χ0) is 13.1. The van der Waals surface area contributed by atoms with Gasteiger partial charge in [0, 0.05) is 7.05 Å². The van der Waals surface area contributed by atoms with E-state index in [1.807, 2.05) is 26.0 Å². The second-order valence-electron chi connectivity index (χ2n) is 4.05. The fourth-order valence-corrected chi connectivity index (χ4v) is 1.90. The summed E-state index contributed by atoms with van der Waals surface area (Å²) in [5.41, 5.74) is 1.97. The number of hydrogen-bond donors (Lipinski definition) is 0. The largest absolute Gasteiger partial charge is 0.493 e. The van der Waals surface area contributed by atoms with Crippen molar-refractivity contribution in [2.75, 3.05) is 6.61 Å². The molecule has 1 heterocycles. The number of aromatic nitrogens is 2. The zero-order valence-corrected chi connectivity index (χ0v) is 10.8. The molecule has 0 bridgehead atoms. The highest BCUT2D eigenvalue weighted by atomic mass is 16.5. The molecule has 0 radical (unpaired) electrons. The summed E-state index contributed by atoms with van der Waals surface area (Å²) >= 11 is 0. The molecule has 2 rings (SSSR count). The Bertz CT molecular complexity index is 573. The first-order valence-electron chi connectivity index (χ1n) is 5.90. The number of ketones is 1. The highest BCUT2D eigenvalue weighted by Gasteiger charge is 2.17. The molecule has 18 heavy (non-hydrogen) atoms. The average molecular weight is 244 g/mol. The molecular formula is C14H16N2O2. The molecule has 0 N–H and O–H groups in total. The van der Waals surface area contributed by atoms with E-state index < -0.39 is 0 Å². The first-order valence-corrected chi connectivity index (χ1v) is 5.90. The molecule has 0 spiro atoms. The summed E-state index contributed by atoms with van der Waals surface area (Å²) < 4.78 is 7.07. The minimum absolute atomic E-state index is 0.0675. The molecule has 0 aliphatic carbocycles. The molecule has 0 saturated carbocycles. The van der Waals surface area contributed by atoms with Gasteiger partial charge in [0.2, 0.25) is 5.78 Å². The van der Waals surface area contributed by atoms with Crippen LogP contribution in [0, 0.1) is 6.92 Å². The zero-order valence-electron chi connectivity index (χ0n) is 10.8. The Kier molecular flexibility index (Phi) is 3.46. The number of rotatable bonds is 4. The second kappa shape index (κ2) is 5.04. The van der Waals surface area contributed by atoms with E-state index in [0.29, 0.717) is 23.6 Å². The quantitative estimate of drug-likeness (QED) is 0.775. The van der Waals surface area contributed by atoms with Crippen LogP contribution < -0.4 is 4.74 Å². The van der Waals surface area contributed by atoms with Gasteiger partial charge in [0.1, 0.15) is 11.4 Å². The van der Waals surface area contributed by atoms with E-state index in [9.17, 15) is 4.79 Å². The minimum Gasteiger partial charge on any atom is -0.493 e. The molecule has 0 aliphatic rings. The fraction of sp³-hybridized carbons (Fsp3) is 0.286. The SMILES string of the molecule is CCOc1ccccc1C(=O)c1cc(C)nn1C. The number of carbonyl (C=O) groups excluding carboxylic acids is 1. The maximum absolute atomic E-state index is 12.4. The van der Waals surface area contributed by atoms with Crippen molar-refractivity contribution in [2.45, 2.75) is 13.8 Å². The second-order valence-corrected chi connectivity index (χ2v) is 4.05. The molecule has 4 heteroatoms. The van der Waals surface area contributed by atoms with Crippen LogP contribution in [0.4, 0.5) is 0 Å². The Labute approximate surface area is 106 Å². The first-order chi connectivity index (χ1) is 8.63. The topological polar surface area (TPSA) is 44.1 Å². The van der Waals surface area contributed by atoms with E-state index >= 15 is 0 Å². The molecule has 4 nitrogen and oxygen atoms in total. The maximum Gasteiger partial charge on any atom is 0.214 e. The molecule has 94 valence electrons. The van der Waals surface area contributed by atoms with E-state index in [2.05, 4.69) is 5.10 Å². The summed E-state index contributed by atoms with van der Waals surface area (Å²) in [4.78, 5) is 12.4. The van der Waals surface area contributed by atoms with Crippen molar-refractivity contribution in [3.05, 3.63) is 47.3 Å². The van der Waals surface area contributed by atoms with Crippen LogP contribution in [0.25, 0.3) is 0 Å². The van der Waals surface area contributed by atoms with Crippen LogP contribution >= 0.6 is 0 Å². The molecular weight excluding hydrogens is 228 g/mol. The van der Waals surface area contributed by atoms with Gasteiger partial charge in [0.05, 0.1) is 17.9 Å². The van der Waals surface area contributed by atoms with E-state index in [0.717, 1.165) is 5.69 Å². The van der Waals surface area contributed by atoms with Gasteiger partial charge in [0.25, 0.3) is 0 Å². The highest BCUT2D eigenvalue weighted by Crippen LogP contribution is 2.21. The Morgan fingerprint density at radius 2 is 2.11 bits per heavy atom. The van der Waals surface area contributed by atoms with Crippen LogP contribution in [-0.4, -0.2) is 22.2 Å². The maximum atomic E-state index is 12.4. The van der Waals surface area contributed by atoms with Gasteiger partial charge in [0.15, 0.2) is 0 Å². The predicted octanol–water partition coefficient (Wildman–Crippen LogP) is 2.36. The third-order valence-electron chi connectivity index (χ3n) is 2.67. The van der Waals surface area contributed by atoms with Crippen LogP contribution in [0.5, 0.6) is 5.75 Å². The van der Waals surface area contributed by atoms with Gasteiger partial charge in [-0.3, -0.25) is 9.48 Å². The van der Waals surface area contributed by atoms with Crippen LogP contribution in [0.15, 0.2) is 30.3 Å². The minimum atomic E-state index is -0.0675. The van der Waals surface area contributed by atoms with E-state index in [4.69, 9.17) is 4.74 Å². The Balaban J connectivity index is 2.43. The molecule has 0 unspecified atom stereocenters. The normalized spacial score (nSPS) is 10.4. The van der Waals surface area contributed by atoms with Crippen molar-refractivity contribution < 1.29 is 9.53 Å². The summed E-state index contributed by atoms with van der Waals surface area (Å²) in [6.45, 7) is 4.30. The molecule has 0 saturated heterocycles. The third-order valence-corrected chi connectivity index (χ3v) is 2.67. The van der Waals surface area contributed by atoms with Gasteiger partial charge in [-0.15, -0.1) is 0 Å². The van der Waals surface area contributed by atoms with Crippen molar-refractivity contribution in [3.63, 3.8) is 0 Å². The lowest BCUT2D eigenvalue weighted by atomic mass is 10.1.